The fourth-order valence-corrected chi connectivity index (χ4v) is 3.48. The van der Waals surface area contributed by atoms with Crippen molar-refractivity contribution in [3.63, 3.8) is 0 Å². The van der Waals surface area contributed by atoms with E-state index in [1.54, 1.807) is 0 Å². The van der Waals surface area contributed by atoms with E-state index in [-0.39, 0.29) is 22.8 Å². The predicted molar refractivity (Wildman–Crippen MR) is 110 cm³/mol. The molecule has 33 heavy (non-hydrogen) atoms. The molecule has 3 rings (SSSR count). The Balaban J connectivity index is 2.50. The van der Waals surface area contributed by atoms with E-state index in [4.69, 9.17) is 16.3 Å². The quantitative estimate of drug-likeness (QED) is 0.265. The minimum Gasteiger partial charge on any atom is -0.462 e. The summed E-state index contributed by atoms with van der Waals surface area (Å²) in [6.45, 7) is 1.06. The van der Waals surface area contributed by atoms with Crippen LogP contribution in [0.15, 0.2) is 54.6 Å². The number of aromatic nitrogens is 1. The van der Waals surface area contributed by atoms with E-state index < -0.39 is 52.8 Å². The fourth-order valence-electron chi connectivity index (χ4n) is 3.35. The molecule has 3 aromatic rings. The number of esters is 1. The summed E-state index contributed by atoms with van der Waals surface area (Å²) in [5.41, 5.74) is -6.18. The van der Waals surface area contributed by atoms with Gasteiger partial charge in [-0.2, -0.15) is 13.2 Å². The Morgan fingerprint density at radius 2 is 1.64 bits per heavy atom. The molecule has 1 aromatic heterocycles. The minimum atomic E-state index is -5.29. The van der Waals surface area contributed by atoms with Crippen molar-refractivity contribution in [2.75, 3.05) is 6.61 Å². The number of nitrogens with zero attached hydrogens (tertiary/aromatic N) is 1. The largest absolute Gasteiger partial charge is 0.462 e. The zero-order valence-corrected chi connectivity index (χ0v) is 17.7. The molecule has 0 aliphatic carbocycles. The van der Waals surface area contributed by atoms with Crippen molar-refractivity contribution >= 4 is 17.6 Å². The smallest absolute Gasteiger partial charge is 0.434 e. The molecule has 1 heterocycles. The van der Waals surface area contributed by atoms with Gasteiger partial charge in [-0.15, -0.1) is 0 Å². The number of ether oxygens (including phenoxy) is 1. The molecule has 0 saturated carbocycles. The molecule has 0 N–H and O–H groups in total. The van der Waals surface area contributed by atoms with Crippen LogP contribution in [0, 0.1) is 0 Å². The zero-order valence-electron chi connectivity index (χ0n) is 17.0. The van der Waals surface area contributed by atoms with Gasteiger partial charge in [-0.1, -0.05) is 54.1 Å². The van der Waals surface area contributed by atoms with Crippen LogP contribution in [0.2, 0.25) is 5.02 Å². The van der Waals surface area contributed by atoms with Crippen LogP contribution in [0.1, 0.15) is 52.4 Å². The lowest BCUT2D eigenvalue weighted by Crippen LogP contribution is -2.22. The minimum absolute atomic E-state index is 0.0815. The third-order valence-electron chi connectivity index (χ3n) is 4.70. The average molecular weight is 488 g/mol. The Morgan fingerprint density at radius 1 is 1.03 bits per heavy atom. The maximum atomic E-state index is 15.8. The number of hydrogen-bond donors (Lipinski definition) is 0. The van der Waals surface area contributed by atoms with Gasteiger partial charge in [0.05, 0.1) is 12.2 Å². The molecule has 3 nitrogen and oxygen atoms in total. The van der Waals surface area contributed by atoms with Gasteiger partial charge < -0.3 is 4.74 Å². The highest BCUT2D eigenvalue weighted by atomic mass is 35.5. The number of carbonyl (C=O) groups excluding carboxylic acids is 1. The van der Waals surface area contributed by atoms with Crippen molar-refractivity contribution in [3.05, 3.63) is 87.7 Å². The summed E-state index contributed by atoms with van der Waals surface area (Å²) < 4.78 is 90.1. The van der Waals surface area contributed by atoms with Crippen LogP contribution in [0.3, 0.4) is 0 Å². The van der Waals surface area contributed by atoms with Crippen LogP contribution in [0.4, 0.5) is 26.3 Å². The second-order valence-electron chi connectivity index (χ2n) is 6.81. The average Bonchev–Trinajstić information content (AvgIpc) is 2.77. The standard InChI is InChI=1S/C23H16ClF6NO2/c1-2-33-22(32)17-15(12-6-4-3-5-7-12)16(18(25)13-8-10-14(24)11-9-13)19(21(26)27)31-20(17)23(28,29)30/h3-11,18,21H,2H2,1H3. The molecule has 1 atom stereocenters. The van der Waals surface area contributed by atoms with Crippen molar-refractivity contribution in [3.8, 4) is 11.1 Å². The van der Waals surface area contributed by atoms with Gasteiger partial charge in [-0.25, -0.2) is 22.9 Å². The first-order chi connectivity index (χ1) is 15.6. The second kappa shape index (κ2) is 9.82. The van der Waals surface area contributed by atoms with E-state index in [2.05, 4.69) is 4.98 Å². The van der Waals surface area contributed by atoms with Gasteiger partial charge in [0.25, 0.3) is 6.43 Å². The van der Waals surface area contributed by atoms with E-state index >= 15 is 4.39 Å². The van der Waals surface area contributed by atoms with Crippen LogP contribution in [0.25, 0.3) is 11.1 Å². The van der Waals surface area contributed by atoms with Gasteiger partial charge >= 0.3 is 12.1 Å². The van der Waals surface area contributed by atoms with Gasteiger partial charge in [0.1, 0.15) is 5.69 Å². The molecule has 0 aliphatic rings. The molecule has 0 saturated heterocycles. The lowest BCUT2D eigenvalue weighted by Gasteiger charge is -2.23. The monoisotopic (exact) mass is 487 g/mol. The predicted octanol–water partition coefficient (Wildman–Crippen LogP) is 7.59. The highest BCUT2D eigenvalue weighted by molar-refractivity contribution is 6.30. The maximum absolute atomic E-state index is 15.8. The highest BCUT2D eigenvalue weighted by Gasteiger charge is 2.43. The molecule has 0 amide bonds. The molecule has 0 fully saturated rings. The van der Waals surface area contributed by atoms with E-state index in [1.807, 2.05) is 0 Å². The second-order valence-corrected chi connectivity index (χ2v) is 7.24. The summed E-state index contributed by atoms with van der Waals surface area (Å²) in [6, 6.07) is 11.9. The van der Waals surface area contributed by atoms with Crippen LogP contribution >= 0.6 is 11.6 Å². The van der Waals surface area contributed by atoms with Crippen molar-refractivity contribution in [1.29, 1.82) is 0 Å². The Bertz CT molecular complexity index is 1130. The molecule has 0 bridgehead atoms. The first kappa shape index (κ1) is 24.6. The molecular formula is C23H16ClF6NO2. The lowest BCUT2D eigenvalue weighted by molar-refractivity contribution is -0.142. The third kappa shape index (κ3) is 5.13. The molecule has 0 spiro atoms. The van der Waals surface area contributed by atoms with Gasteiger partial charge in [0.15, 0.2) is 11.9 Å². The van der Waals surface area contributed by atoms with Crippen LogP contribution in [-0.2, 0) is 10.9 Å². The summed E-state index contributed by atoms with van der Waals surface area (Å²) >= 11 is 5.80. The van der Waals surface area contributed by atoms with Crippen molar-refractivity contribution < 1.29 is 35.9 Å². The number of alkyl halides is 6. The summed E-state index contributed by atoms with van der Waals surface area (Å²) in [7, 11) is 0. The molecule has 0 radical (unpaired) electrons. The maximum Gasteiger partial charge on any atom is 0.434 e. The Labute approximate surface area is 190 Å². The van der Waals surface area contributed by atoms with Crippen molar-refractivity contribution in [2.24, 2.45) is 0 Å². The zero-order chi connectivity index (χ0) is 24.3. The van der Waals surface area contributed by atoms with Crippen LogP contribution < -0.4 is 0 Å². The normalized spacial score (nSPS) is 12.6. The summed E-state index contributed by atoms with van der Waals surface area (Å²) in [5.74, 6) is -1.46. The summed E-state index contributed by atoms with van der Waals surface area (Å²) in [5, 5.41) is 0.237. The number of pyridine rings is 1. The van der Waals surface area contributed by atoms with E-state index in [1.165, 1.54) is 61.5 Å². The first-order valence-electron chi connectivity index (χ1n) is 9.61. The third-order valence-corrected chi connectivity index (χ3v) is 4.95. The van der Waals surface area contributed by atoms with E-state index in [9.17, 15) is 26.7 Å². The van der Waals surface area contributed by atoms with Crippen molar-refractivity contribution in [2.45, 2.75) is 25.7 Å². The molecule has 1 unspecified atom stereocenters. The molecule has 10 heteroatoms. The van der Waals surface area contributed by atoms with Gasteiger partial charge in [-0.05, 0) is 30.2 Å². The van der Waals surface area contributed by atoms with Gasteiger partial charge in [0, 0.05) is 16.1 Å². The first-order valence-corrected chi connectivity index (χ1v) is 9.99. The number of benzene rings is 2. The van der Waals surface area contributed by atoms with Crippen molar-refractivity contribution in [1.82, 2.24) is 4.98 Å². The highest BCUT2D eigenvalue weighted by Crippen LogP contribution is 2.45. The number of halogens is 7. The molecule has 0 aliphatic heterocycles. The van der Waals surface area contributed by atoms with Crippen LogP contribution in [0.5, 0.6) is 0 Å². The molecular weight excluding hydrogens is 472 g/mol. The van der Waals surface area contributed by atoms with E-state index in [0.717, 1.165) is 0 Å². The Kier molecular flexibility index (Phi) is 7.31. The number of hydrogen-bond acceptors (Lipinski definition) is 3. The number of carbonyl (C=O) groups is 1. The summed E-state index contributed by atoms with van der Waals surface area (Å²) in [4.78, 5) is 15.7. The van der Waals surface area contributed by atoms with E-state index in [0.29, 0.717) is 0 Å². The van der Waals surface area contributed by atoms with Crippen LogP contribution in [-0.4, -0.2) is 17.6 Å². The fraction of sp³-hybridized carbons (Fsp3) is 0.217. The lowest BCUT2D eigenvalue weighted by atomic mass is 9.87. The number of rotatable bonds is 6. The van der Waals surface area contributed by atoms with Gasteiger partial charge in [0.2, 0.25) is 0 Å². The molecule has 174 valence electrons. The molecule has 2 aromatic carbocycles. The Morgan fingerprint density at radius 3 is 2.15 bits per heavy atom. The van der Waals surface area contributed by atoms with Gasteiger partial charge in [-0.3, -0.25) is 0 Å². The topological polar surface area (TPSA) is 39.2 Å². The Hall–Kier alpha value is -3.07. The summed E-state index contributed by atoms with van der Waals surface area (Å²) in [6.07, 6.45) is -11.2. The SMILES string of the molecule is CCOC(=O)c1c(C(F)(F)F)nc(C(F)F)c(C(F)c2ccc(Cl)cc2)c1-c1ccccc1.